The van der Waals surface area contributed by atoms with E-state index in [1.54, 1.807) is 0 Å². The Morgan fingerprint density at radius 2 is 2.00 bits per heavy atom. The van der Waals surface area contributed by atoms with Crippen molar-refractivity contribution in [2.24, 2.45) is 0 Å². The van der Waals surface area contributed by atoms with Crippen molar-refractivity contribution in [1.29, 1.82) is 0 Å². The Labute approximate surface area is 58.7 Å². The minimum absolute atomic E-state index is 0.111. The zero-order valence-corrected chi connectivity index (χ0v) is 5.22. The first-order chi connectivity index (χ1) is 3.93. The first-order valence-corrected chi connectivity index (χ1v) is 3.16. The Morgan fingerprint density at radius 1 is 1.38 bits per heavy atom. The summed E-state index contributed by atoms with van der Waals surface area (Å²) in [6.45, 7) is 1.56. The molecule has 2 nitrogen and oxygen atoms in total. The molecule has 0 aliphatic carbocycles. The SMILES string of the molecule is [Li][CH2]CC1OCCO1. The molecule has 0 amide bonds. The third-order valence-corrected chi connectivity index (χ3v) is 1.22. The van der Waals surface area contributed by atoms with E-state index in [0.717, 1.165) is 24.7 Å². The molecule has 0 atom stereocenters. The van der Waals surface area contributed by atoms with E-state index in [4.69, 9.17) is 9.47 Å². The van der Waals surface area contributed by atoms with Gasteiger partial charge in [-0.2, -0.15) is 0 Å². The van der Waals surface area contributed by atoms with E-state index in [2.05, 4.69) is 17.7 Å². The molecule has 1 aliphatic rings. The Balaban J connectivity index is 2.06. The van der Waals surface area contributed by atoms with Gasteiger partial charge >= 0.3 is 58.2 Å². The molecule has 0 N–H and O–H groups in total. The van der Waals surface area contributed by atoms with Crippen molar-refractivity contribution in [3.05, 3.63) is 0 Å². The predicted octanol–water partition coefficient (Wildman–Crippen LogP) is 0.336. The van der Waals surface area contributed by atoms with Crippen LogP contribution in [-0.4, -0.2) is 37.2 Å². The molecule has 8 heavy (non-hydrogen) atoms. The van der Waals surface area contributed by atoms with Gasteiger partial charge < -0.3 is 0 Å². The maximum atomic E-state index is 5.17. The van der Waals surface area contributed by atoms with E-state index < -0.39 is 0 Å². The topological polar surface area (TPSA) is 18.5 Å². The molecular weight excluding hydrogens is 99.0 g/mol. The van der Waals surface area contributed by atoms with Gasteiger partial charge in [-0.05, 0) is 0 Å². The summed E-state index contributed by atoms with van der Waals surface area (Å²) in [4.78, 5) is 0. The van der Waals surface area contributed by atoms with Crippen LogP contribution < -0.4 is 0 Å². The van der Waals surface area contributed by atoms with Crippen molar-refractivity contribution < 1.29 is 9.47 Å². The van der Waals surface area contributed by atoms with Crippen LogP contribution in [-0.2, 0) is 9.47 Å². The first-order valence-electron chi connectivity index (χ1n) is 3.16. The Morgan fingerprint density at radius 3 is 2.50 bits per heavy atom. The summed E-state index contributed by atoms with van der Waals surface area (Å²) >= 11 is 2.13. The molecule has 0 radical (unpaired) electrons. The molecule has 42 valence electrons. The van der Waals surface area contributed by atoms with Gasteiger partial charge in [0.1, 0.15) is 0 Å². The Kier molecular flexibility index (Phi) is 2.92. The van der Waals surface area contributed by atoms with Crippen molar-refractivity contribution >= 4 is 17.7 Å². The van der Waals surface area contributed by atoms with Gasteiger partial charge in [-0.15, -0.1) is 0 Å². The molecule has 1 saturated heterocycles. The van der Waals surface area contributed by atoms with Gasteiger partial charge in [0, 0.05) is 0 Å². The van der Waals surface area contributed by atoms with Crippen LogP contribution >= 0.6 is 0 Å². The van der Waals surface area contributed by atoms with E-state index in [0.29, 0.717) is 0 Å². The molecule has 3 heteroatoms. The fourth-order valence-electron chi connectivity index (χ4n) is 0.810. The summed E-state index contributed by atoms with van der Waals surface area (Å²) < 4.78 is 10.3. The van der Waals surface area contributed by atoms with Crippen molar-refractivity contribution in [3.63, 3.8) is 0 Å². The Hall–Kier alpha value is 0.517. The number of hydrogen-bond donors (Lipinski definition) is 0. The van der Waals surface area contributed by atoms with Crippen LogP contribution in [0.2, 0.25) is 5.09 Å². The molecule has 1 fully saturated rings. The van der Waals surface area contributed by atoms with Crippen LogP contribution in [0.4, 0.5) is 0 Å². The van der Waals surface area contributed by atoms with Crippen molar-refractivity contribution in [1.82, 2.24) is 0 Å². The summed E-state index contributed by atoms with van der Waals surface area (Å²) in [6, 6.07) is 0. The van der Waals surface area contributed by atoms with Gasteiger partial charge in [-0.1, -0.05) is 0 Å². The third kappa shape index (κ3) is 1.79. The van der Waals surface area contributed by atoms with Crippen LogP contribution in [0.25, 0.3) is 0 Å². The molecule has 0 aromatic heterocycles. The van der Waals surface area contributed by atoms with E-state index in [1.807, 2.05) is 0 Å². The van der Waals surface area contributed by atoms with Crippen molar-refractivity contribution in [2.45, 2.75) is 17.8 Å². The van der Waals surface area contributed by atoms with Gasteiger partial charge in [0.15, 0.2) is 0 Å². The molecule has 0 unspecified atom stereocenters. The summed E-state index contributed by atoms with van der Waals surface area (Å²) in [5, 5.41) is 1.14. The molecule has 0 saturated carbocycles. The zero-order chi connectivity index (χ0) is 5.82. The normalized spacial score (nSPS) is 22.2. The number of rotatable bonds is 2. The second-order valence-corrected chi connectivity index (χ2v) is 1.96. The second-order valence-electron chi connectivity index (χ2n) is 1.96. The zero-order valence-electron chi connectivity index (χ0n) is 5.22. The maximum absolute atomic E-state index is 5.17. The standard InChI is InChI=1S/C5H9O2.Li/c1-2-5-6-3-4-7-5;/h5H,1-4H2;. The summed E-state index contributed by atoms with van der Waals surface area (Å²) in [7, 11) is 0. The summed E-state index contributed by atoms with van der Waals surface area (Å²) in [5.74, 6) is 0. The van der Waals surface area contributed by atoms with Gasteiger partial charge in [0.05, 0.1) is 0 Å². The monoisotopic (exact) mass is 108 g/mol. The molecule has 0 bridgehead atoms. The average Bonchev–Trinajstić information content (AvgIpc) is 2.19. The second kappa shape index (κ2) is 3.53. The van der Waals surface area contributed by atoms with E-state index in [1.165, 1.54) is 0 Å². The number of hydrogen-bond acceptors (Lipinski definition) is 2. The number of ether oxygens (including phenoxy) is 2. The van der Waals surface area contributed by atoms with Crippen molar-refractivity contribution in [3.8, 4) is 0 Å². The van der Waals surface area contributed by atoms with Crippen LogP contribution in [0.3, 0.4) is 0 Å². The third-order valence-electron chi connectivity index (χ3n) is 1.22. The fraction of sp³-hybridized carbons (Fsp3) is 1.00. The minimum atomic E-state index is 0.111. The molecule has 1 aliphatic heterocycles. The average molecular weight is 108 g/mol. The van der Waals surface area contributed by atoms with Crippen LogP contribution in [0, 0.1) is 0 Å². The van der Waals surface area contributed by atoms with Gasteiger partial charge in [0.25, 0.3) is 0 Å². The summed E-state index contributed by atoms with van der Waals surface area (Å²) in [6.07, 6.45) is 1.15. The van der Waals surface area contributed by atoms with Crippen LogP contribution in [0.1, 0.15) is 6.42 Å². The fourth-order valence-corrected chi connectivity index (χ4v) is 0.810. The molecule has 0 aromatic rings. The van der Waals surface area contributed by atoms with Gasteiger partial charge in [-0.25, -0.2) is 0 Å². The molecule has 0 spiro atoms. The molecule has 1 rings (SSSR count). The van der Waals surface area contributed by atoms with E-state index >= 15 is 0 Å². The first kappa shape index (κ1) is 6.63. The predicted molar refractivity (Wildman–Crippen MR) is 30.9 cm³/mol. The van der Waals surface area contributed by atoms with Crippen molar-refractivity contribution in [2.75, 3.05) is 13.2 Å². The molecular formula is C5H9LiO2. The summed E-state index contributed by atoms with van der Waals surface area (Å²) in [5.41, 5.74) is 0. The van der Waals surface area contributed by atoms with Gasteiger partial charge in [0.2, 0.25) is 0 Å². The molecule has 0 aromatic carbocycles. The Bertz CT molecular complexity index is 61.4. The molecule has 1 heterocycles. The van der Waals surface area contributed by atoms with Crippen LogP contribution in [0.5, 0.6) is 0 Å². The van der Waals surface area contributed by atoms with E-state index in [9.17, 15) is 0 Å². The van der Waals surface area contributed by atoms with E-state index in [-0.39, 0.29) is 6.29 Å². The quantitative estimate of drug-likeness (QED) is 0.475. The van der Waals surface area contributed by atoms with Gasteiger partial charge in [-0.3, -0.25) is 0 Å². The van der Waals surface area contributed by atoms with Crippen LogP contribution in [0.15, 0.2) is 0 Å².